The van der Waals surface area contributed by atoms with Crippen molar-refractivity contribution >= 4 is 39.5 Å². The molecule has 0 radical (unpaired) electrons. The average molecular weight is 449 g/mol. The summed E-state index contributed by atoms with van der Waals surface area (Å²) in [5.41, 5.74) is 0.476. The molecule has 0 unspecified atom stereocenters. The Bertz CT molecular complexity index is 1050. The van der Waals surface area contributed by atoms with Crippen LogP contribution in [0.2, 0.25) is 0 Å². The third-order valence-electron chi connectivity index (χ3n) is 3.85. The van der Waals surface area contributed by atoms with Gasteiger partial charge < -0.3 is 24.9 Å². The lowest BCUT2D eigenvalue weighted by atomic mass is 10.2. The smallest absolute Gasteiger partial charge is 0.436 e. The Hall–Kier alpha value is -3.60. The summed E-state index contributed by atoms with van der Waals surface area (Å²) in [6.07, 6.45) is 0.0492. The number of methoxy groups -OCH3 is 1. The van der Waals surface area contributed by atoms with Crippen LogP contribution in [-0.4, -0.2) is 40.5 Å². The second-order valence-corrected chi connectivity index (χ2v) is 7.71. The molecule has 2 aromatic rings. The van der Waals surface area contributed by atoms with Crippen molar-refractivity contribution in [2.45, 2.75) is 24.7 Å². The third-order valence-corrected chi connectivity index (χ3v) is 5.09. The highest BCUT2D eigenvalue weighted by Gasteiger charge is 2.20. The van der Waals surface area contributed by atoms with Crippen LogP contribution in [0.15, 0.2) is 58.4 Å². The molecule has 3 N–H and O–H groups in total. The van der Waals surface area contributed by atoms with E-state index in [9.17, 15) is 18.0 Å². The summed E-state index contributed by atoms with van der Waals surface area (Å²) in [5, 5.41) is 8.15. The van der Waals surface area contributed by atoms with Gasteiger partial charge in [-0.05, 0) is 36.8 Å². The molecule has 166 valence electrons. The molecule has 10 nitrogen and oxygen atoms in total. The van der Waals surface area contributed by atoms with Gasteiger partial charge in [0.15, 0.2) is 0 Å². The number of amides is 2. The van der Waals surface area contributed by atoms with Crippen molar-refractivity contribution < 1.29 is 26.9 Å². The summed E-state index contributed by atoms with van der Waals surface area (Å²) < 4.78 is 35.1. The molecule has 11 heteroatoms. The average Bonchev–Trinajstić information content (AvgIpc) is 2.74. The van der Waals surface area contributed by atoms with E-state index >= 15 is 0 Å². The molecule has 2 aromatic carbocycles. The first-order chi connectivity index (χ1) is 14.8. The van der Waals surface area contributed by atoms with Crippen LogP contribution < -0.4 is 20.1 Å². The van der Waals surface area contributed by atoms with Crippen LogP contribution >= 0.6 is 0 Å². The van der Waals surface area contributed by atoms with Gasteiger partial charge in [-0.3, -0.25) is 4.79 Å². The van der Waals surface area contributed by atoms with E-state index in [4.69, 9.17) is 4.18 Å². The Labute approximate surface area is 180 Å². The van der Waals surface area contributed by atoms with E-state index in [2.05, 4.69) is 25.7 Å². The second-order valence-electron chi connectivity index (χ2n) is 6.16. The fourth-order valence-electron chi connectivity index (χ4n) is 2.39. The Balaban J connectivity index is 2.43. The van der Waals surface area contributed by atoms with Crippen LogP contribution in [0.5, 0.6) is 5.75 Å². The zero-order chi connectivity index (χ0) is 22.9. The maximum absolute atomic E-state index is 12.7. The molecule has 0 bridgehead atoms. The molecule has 0 aliphatic carbocycles. The van der Waals surface area contributed by atoms with Gasteiger partial charge in [0.25, 0.3) is 0 Å². The van der Waals surface area contributed by atoms with Gasteiger partial charge in [0.1, 0.15) is 10.6 Å². The van der Waals surface area contributed by atoms with E-state index in [1.807, 2.05) is 6.92 Å². The molecule has 2 rings (SSSR count). The number of carbonyl (C=O) groups is 2. The number of nitrogens with one attached hydrogen (secondary N) is 3. The van der Waals surface area contributed by atoms with Crippen LogP contribution in [0.4, 0.5) is 16.2 Å². The monoisotopic (exact) mass is 448 g/mol. The summed E-state index contributed by atoms with van der Waals surface area (Å²) in [6.45, 7) is 1.86. The molecular formula is C20H24N4O6S. The standard InChI is InChI=1S/C20H24N4O6S/c1-4-8-18(25)22-16-12-11-15(31(27,28)30-14-9-6-5-7-10-14)13-17(16)23-19(21-2)24-20(26)29-3/h5-7,9-13H,4,8H2,1-3H3,(H,22,25)(H2,21,23,24,26). The quantitative estimate of drug-likeness (QED) is 0.334. The summed E-state index contributed by atoms with van der Waals surface area (Å²) in [5.74, 6) is -0.116. The van der Waals surface area contributed by atoms with Crippen molar-refractivity contribution in [3.63, 3.8) is 0 Å². The predicted octanol–water partition coefficient (Wildman–Crippen LogP) is 2.95. The van der Waals surface area contributed by atoms with Crippen LogP contribution in [0, 0.1) is 0 Å². The van der Waals surface area contributed by atoms with Crippen molar-refractivity contribution in [1.82, 2.24) is 5.32 Å². The van der Waals surface area contributed by atoms with Crippen molar-refractivity contribution in [3.05, 3.63) is 48.5 Å². The Morgan fingerprint density at radius 1 is 1.03 bits per heavy atom. The molecule has 0 aliphatic heterocycles. The highest BCUT2D eigenvalue weighted by Crippen LogP contribution is 2.28. The molecular weight excluding hydrogens is 424 g/mol. The molecule has 0 heterocycles. The lowest BCUT2D eigenvalue weighted by Gasteiger charge is -2.16. The van der Waals surface area contributed by atoms with E-state index in [-0.39, 0.29) is 34.6 Å². The van der Waals surface area contributed by atoms with Crippen molar-refractivity contribution in [1.29, 1.82) is 0 Å². The molecule has 0 atom stereocenters. The Morgan fingerprint density at radius 3 is 2.35 bits per heavy atom. The van der Waals surface area contributed by atoms with Crippen LogP contribution in [0.3, 0.4) is 0 Å². The SMILES string of the molecule is CCCC(=O)Nc1ccc(S(=O)(=O)Oc2ccccc2)cc1NC(=NC(=O)OC)NC. The fourth-order valence-corrected chi connectivity index (χ4v) is 3.35. The number of para-hydroxylation sites is 1. The maximum atomic E-state index is 12.7. The molecule has 31 heavy (non-hydrogen) atoms. The molecule has 0 spiro atoms. The molecule has 0 fully saturated rings. The minimum atomic E-state index is -4.17. The fraction of sp³-hybridized carbons (Fsp3) is 0.250. The summed E-state index contributed by atoms with van der Waals surface area (Å²) in [6, 6.07) is 12.0. The van der Waals surface area contributed by atoms with E-state index in [0.29, 0.717) is 12.1 Å². The second kappa shape index (κ2) is 11.0. The summed E-state index contributed by atoms with van der Waals surface area (Å²) >= 11 is 0. The molecule has 2 amide bonds. The number of ether oxygens (including phenoxy) is 1. The highest BCUT2D eigenvalue weighted by molar-refractivity contribution is 7.87. The van der Waals surface area contributed by atoms with Gasteiger partial charge in [0.2, 0.25) is 11.9 Å². The van der Waals surface area contributed by atoms with Crippen LogP contribution in [-0.2, 0) is 19.6 Å². The predicted molar refractivity (Wildman–Crippen MR) is 117 cm³/mol. The Morgan fingerprint density at radius 2 is 1.74 bits per heavy atom. The summed E-state index contributed by atoms with van der Waals surface area (Å²) in [4.78, 5) is 27.0. The minimum absolute atomic E-state index is 0.0173. The number of carbonyl (C=O) groups excluding carboxylic acids is 2. The highest BCUT2D eigenvalue weighted by atomic mass is 32.2. The first kappa shape index (κ1) is 23.7. The number of rotatable bonds is 7. The first-order valence-electron chi connectivity index (χ1n) is 9.34. The lowest BCUT2D eigenvalue weighted by molar-refractivity contribution is -0.116. The van der Waals surface area contributed by atoms with Gasteiger partial charge in [0.05, 0.1) is 18.5 Å². The van der Waals surface area contributed by atoms with E-state index in [0.717, 1.165) is 0 Å². The van der Waals surface area contributed by atoms with Gasteiger partial charge in [-0.15, -0.1) is 4.99 Å². The minimum Gasteiger partial charge on any atom is -0.451 e. The maximum Gasteiger partial charge on any atom is 0.436 e. The molecule has 0 saturated heterocycles. The van der Waals surface area contributed by atoms with Crippen LogP contribution in [0.25, 0.3) is 0 Å². The van der Waals surface area contributed by atoms with Gasteiger partial charge in [-0.2, -0.15) is 8.42 Å². The molecule has 0 saturated carbocycles. The largest absolute Gasteiger partial charge is 0.451 e. The van der Waals surface area contributed by atoms with Crippen molar-refractivity contribution in [2.75, 3.05) is 24.8 Å². The zero-order valence-corrected chi connectivity index (χ0v) is 18.2. The number of nitrogens with zero attached hydrogens (tertiary/aromatic N) is 1. The molecule has 0 aromatic heterocycles. The number of hydrogen-bond acceptors (Lipinski definition) is 6. The van der Waals surface area contributed by atoms with Crippen LogP contribution in [0.1, 0.15) is 19.8 Å². The van der Waals surface area contributed by atoms with Gasteiger partial charge in [-0.25, -0.2) is 4.79 Å². The number of guanidine groups is 1. The number of hydrogen-bond donors (Lipinski definition) is 3. The van der Waals surface area contributed by atoms with Gasteiger partial charge in [-0.1, -0.05) is 25.1 Å². The Kier molecular flexibility index (Phi) is 8.38. The van der Waals surface area contributed by atoms with Crippen molar-refractivity contribution in [2.24, 2.45) is 4.99 Å². The lowest BCUT2D eigenvalue weighted by Crippen LogP contribution is -2.29. The normalized spacial score (nSPS) is 11.4. The van der Waals surface area contributed by atoms with E-state index in [1.54, 1.807) is 18.2 Å². The van der Waals surface area contributed by atoms with E-state index < -0.39 is 16.2 Å². The van der Waals surface area contributed by atoms with Gasteiger partial charge in [0, 0.05) is 13.5 Å². The zero-order valence-electron chi connectivity index (χ0n) is 17.3. The van der Waals surface area contributed by atoms with E-state index in [1.165, 1.54) is 44.5 Å². The first-order valence-corrected chi connectivity index (χ1v) is 10.7. The molecule has 0 aliphatic rings. The topological polar surface area (TPSA) is 135 Å². The number of aliphatic imine (C=N–C) groups is 1. The van der Waals surface area contributed by atoms with Crippen molar-refractivity contribution in [3.8, 4) is 5.75 Å². The van der Waals surface area contributed by atoms with Gasteiger partial charge >= 0.3 is 16.2 Å². The summed E-state index contributed by atoms with van der Waals surface area (Å²) in [7, 11) is -1.49. The number of benzene rings is 2. The number of anilines is 2. The third kappa shape index (κ3) is 7.00.